The van der Waals surface area contributed by atoms with Gasteiger partial charge in [-0.15, -0.1) is 0 Å². The highest BCUT2D eigenvalue weighted by Crippen LogP contribution is 2.27. The summed E-state index contributed by atoms with van der Waals surface area (Å²) in [5.41, 5.74) is 4.01. The minimum Gasteiger partial charge on any atom is -0.495 e. The van der Waals surface area contributed by atoms with Gasteiger partial charge in [0.2, 0.25) is 0 Å². The fourth-order valence-corrected chi connectivity index (χ4v) is 2.77. The molecule has 0 saturated carbocycles. The smallest absolute Gasteiger partial charge is 0.274 e. The van der Waals surface area contributed by atoms with E-state index >= 15 is 0 Å². The first-order valence-corrected chi connectivity index (χ1v) is 8.66. The highest BCUT2D eigenvalue weighted by molar-refractivity contribution is 6.32. The number of anilines is 3. The summed E-state index contributed by atoms with van der Waals surface area (Å²) >= 11 is 6.09. The number of aromatic nitrogens is 2. The summed E-state index contributed by atoms with van der Waals surface area (Å²) in [6, 6.07) is 12.6. The number of aryl methyl sites for hydroxylation is 1. The number of amides is 1. The van der Waals surface area contributed by atoms with Crippen LogP contribution in [-0.2, 0) is 0 Å². The second-order valence-corrected chi connectivity index (χ2v) is 6.37. The van der Waals surface area contributed by atoms with E-state index in [2.05, 4.69) is 20.6 Å². The molecule has 0 spiro atoms. The zero-order valence-corrected chi connectivity index (χ0v) is 16.0. The van der Waals surface area contributed by atoms with Crippen LogP contribution < -0.4 is 15.4 Å². The number of hydrogen-bond donors (Lipinski definition) is 2. The van der Waals surface area contributed by atoms with Crippen LogP contribution in [0, 0.1) is 13.8 Å². The quantitative estimate of drug-likeness (QED) is 0.665. The van der Waals surface area contributed by atoms with Gasteiger partial charge in [0.15, 0.2) is 0 Å². The fraction of sp³-hybridized carbons (Fsp3) is 0.150. The van der Waals surface area contributed by atoms with Crippen LogP contribution >= 0.6 is 11.6 Å². The monoisotopic (exact) mass is 382 g/mol. The van der Waals surface area contributed by atoms with E-state index in [1.807, 2.05) is 32.0 Å². The fourth-order valence-electron chi connectivity index (χ4n) is 2.51. The molecular weight excluding hydrogens is 364 g/mol. The third kappa shape index (κ3) is 4.35. The Labute approximate surface area is 162 Å². The zero-order chi connectivity index (χ0) is 19.4. The van der Waals surface area contributed by atoms with Crippen molar-refractivity contribution < 1.29 is 9.53 Å². The molecule has 138 valence electrons. The minimum atomic E-state index is -0.359. The Hall–Kier alpha value is -3.12. The number of nitrogens with zero attached hydrogens (tertiary/aromatic N) is 2. The molecule has 0 aliphatic heterocycles. The number of methoxy groups -OCH3 is 1. The molecule has 27 heavy (non-hydrogen) atoms. The Bertz CT molecular complexity index is 991. The number of carbonyl (C=O) groups is 1. The third-order valence-electron chi connectivity index (χ3n) is 4.18. The van der Waals surface area contributed by atoms with E-state index in [1.54, 1.807) is 24.3 Å². The SMILES string of the molecule is COc1ccc(NC(=O)c2cc(Nc3cccc(C)c3C)ncn2)cc1Cl. The summed E-state index contributed by atoms with van der Waals surface area (Å²) in [4.78, 5) is 20.7. The van der Waals surface area contributed by atoms with Gasteiger partial charge in [-0.05, 0) is 49.2 Å². The Morgan fingerprint density at radius 3 is 2.67 bits per heavy atom. The summed E-state index contributed by atoms with van der Waals surface area (Å²) in [6.07, 6.45) is 1.35. The summed E-state index contributed by atoms with van der Waals surface area (Å²) in [7, 11) is 1.53. The average molecular weight is 383 g/mol. The van der Waals surface area contributed by atoms with Gasteiger partial charge >= 0.3 is 0 Å². The van der Waals surface area contributed by atoms with Crippen molar-refractivity contribution in [3.63, 3.8) is 0 Å². The number of carbonyl (C=O) groups excluding carboxylic acids is 1. The van der Waals surface area contributed by atoms with Crippen LogP contribution in [-0.4, -0.2) is 23.0 Å². The van der Waals surface area contributed by atoms with Crippen LogP contribution in [0.15, 0.2) is 48.8 Å². The third-order valence-corrected chi connectivity index (χ3v) is 4.47. The lowest BCUT2D eigenvalue weighted by Gasteiger charge is -2.11. The molecule has 0 fully saturated rings. The number of nitrogens with one attached hydrogen (secondary N) is 2. The standard InChI is InChI=1S/C20H19ClN4O2/c1-12-5-4-6-16(13(12)2)25-19-10-17(22-11-23-19)20(26)24-14-7-8-18(27-3)15(21)9-14/h4-11H,1-3H3,(H,24,26)(H,22,23,25). The summed E-state index contributed by atoms with van der Waals surface area (Å²) in [5, 5.41) is 6.40. The van der Waals surface area contributed by atoms with Gasteiger partial charge in [0.1, 0.15) is 23.6 Å². The van der Waals surface area contributed by atoms with Crippen molar-refractivity contribution in [1.82, 2.24) is 9.97 Å². The maximum absolute atomic E-state index is 12.5. The molecule has 0 aliphatic rings. The largest absolute Gasteiger partial charge is 0.495 e. The molecule has 0 unspecified atom stereocenters. The van der Waals surface area contributed by atoms with E-state index in [1.165, 1.54) is 19.0 Å². The highest BCUT2D eigenvalue weighted by Gasteiger charge is 2.11. The molecule has 1 heterocycles. The van der Waals surface area contributed by atoms with E-state index < -0.39 is 0 Å². The van der Waals surface area contributed by atoms with Crippen molar-refractivity contribution in [1.29, 1.82) is 0 Å². The number of rotatable bonds is 5. The van der Waals surface area contributed by atoms with E-state index in [-0.39, 0.29) is 11.6 Å². The lowest BCUT2D eigenvalue weighted by molar-refractivity contribution is 0.102. The second kappa shape index (κ2) is 8.05. The maximum atomic E-state index is 12.5. The van der Waals surface area contributed by atoms with Crippen molar-refractivity contribution >= 4 is 34.7 Å². The van der Waals surface area contributed by atoms with Gasteiger partial charge in [-0.1, -0.05) is 23.7 Å². The highest BCUT2D eigenvalue weighted by atomic mass is 35.5. The van der Waals surface area contributed by atoms with Crippen LogP contribution in [0.2, 0.25) is 5.02 Å². The van der Waals surface area contributed by atoms with Crippen molar-refractivity contribution in [2.45, 2.75) is 13.8 Å². The minimum absolute atomic E-state index is 0.241. The van der Waals surface area contributed by atoms with E-state index in [4.69, 9.17) is 16.3 Å². The molecule has 7 heteroatoms. The van der Waals surface area contributed by atoms with Gasteiger partial charge in [0.25, 0.3) is 5.91 Å². The Balaban J connectivity index is 1.77. The van der Waals surface area contributed by atoms with Crippen LogP contribution in [0.3, 0.4) is 0 Å². The van der Waals surface area contributed by atoms with Crippen LogP contribution in [0.5, 0.6) is 5.75 Å². The Morgan fingerprint density at radius 1 is 1.11 bits per heavy atom. The average Bonchev–Trinajstić information content (AvgIpc) is 2.66. The first-order valence-electron chi connectivity index (χ1n) is 8.28. The molecule has 6 nitrogen and oxygen atoms in total. The molecule has 3 rings (SSSR count). The number of benzene rings is 2. The molecule has 1 amide bonds. The Morgan fingerprint density at radius 2 is 1.93 bits per heavy atom. The molecule has 0 radical (unpaired) electrons. The molecule has 0 atom stereocenters. The van der Waals surface area contributed by atoms with Crippen molar-refractivity contribution in [2.75, 3.05) is 17.7 Å². The van der Waals surface area contributed by atoms with Crippen LogP contribution in [0.25, 0.3) is 0 Å². The Kier molecular flexibility index (Phi) is 5.57. The van der Waals surface area contributed by atoms with Crippen molar-refractivity contribution in [3.05, 3.63) is 70.6 Å². The van der Waals surface area contributed by atoms with Gasteiger partial charge in [-0.3, -0.25) is 4.79 Å². The van der Waals surface area contributed by atoms with E-state index in [0.717, 1.165) is 11.3 Å². The predicted molar refractivity (Wildman–Crippen MR) is 107 cm³/mol. The summed E-state index contributed by atoms with van der Waals surface area (Å²) in [6.45, 7) is 4.07. The summed E-state index contributed by atoms with van der Waals surface area (Å²) < 4.78 is 5.11. The molecule has 0 saturated heterocycles. The van der Waals surface area contributed by atoms with Gasteiger partial charge in [-0.25, -0.2) is 9.97 Å². The number of halogens is 1. The van der Waals surface area contributed by atoms with Gasteiger partial charge in [-0.2, -0.15) is 0 Å². The lowest BCUT2D eigenvalue weighted by Crippen LogP contribution is -2.14. The molecule has 0 bridgehead atoms. The summed E-state index contributed by atoms with van der Waals surface area (Å²) in [5.74, 6) is 0.718. The van der Waals surface area contributed by atoms with Crippen molar-refractivity contribution in [3.8, 4) is 5.75 Å². The first-order chi connectivity index (χ1) is 13.0. The van der Waals surface area contributed by atoms with Gasteiger partial charge in [0.05, 0.1) is 12.1 Å². The number of ether oxygens (including phenoxy) is 1. The predicted octanol–water partition coefficient (Wildman–Crippen LogP) is 4.75. The van der Waals surface area contributed by atoms with Crippen molar-refractivity contribution in [2.24, 2.45) is 0 Å². The molecule has 0 aliphatic carbocycles. The molecule has 1 aromatic heterocycles. The second-order valence-electron chi connectivity index (χ2n) is 5.96. The molecule has 2 N–H and O–H groups in total. The van der Waals surface area contributed by atoms with E-state index in [9.17, 15) is 4.79 Å². The molecular formula is C20H19ClN4O2. The molecule has 2 aromatic carbocycles. The number of hydrogen-bond acceptors (Lipinski definition) is 5. The first kappa shape index (κ1) is 18.7. The van der Waals surface area contributed by atoms with E-state index in [0.29, 0.717) is 22.3 Å². The van der Waals surface area contributed by atoms with Gasteiger partial charge < -0.3 is 15.4 Å². The van der Waals surface area contributed by atoms with Crippen LogP contribution in [0.1, 0.15) is 21.6 Å². The topological polar surface area (TPSA) is 76.1 Å². The maximum Gasteiger partial charge on any atom is 0.274 e. The van der Waals surface area contributed by atoms with Gasteiger partial charge in [0, 0.05) is 17.4 Å². The zero-order valence-electron chi connectivity index (χ0n) is 15.2. The van der Waals surface area contributed by atoms with Crippen LogP contribution in [0.4, 0.5) is 17.2 Å². The normalized spacial score (nSPS) is 10.4. The molecule has 3 aromatic rings. The lowest BCUT2D eigenvalue weighted by atomic mass is 10.1.